The average Bonchev–Trinajstić information content (AvgIpc) is 3.10. The molecular weight excluding hydrogens is 513 g/mol. The summed E-state index contributed by atoms with van der Waals surface area (Å²) in [6.45, 7) is 5.08. The lowest BCUT2D eigenvalue weighted by Crippen LogP contribution is -2.27. The first-order valence-corrected chi connectivity index (χ1v) is 11.6. The zero-order valence-electron chi connectivity index (χ0n) is 19.8. The molecule has 184 valence electrons. The molecule has 3 rings (SSSR count). The van der Waals surface area contributed by atoms with Crippen LogP contribution < -0.4 is 0 Å². The smallest absolute Gasteiger partial charge is 0.357 e. The molecule has 0 bridgehead atoms. The molecule has 0 fully saturated rings. The number of fused-ring (bicyclic) bond motifs is 1. The first-order chi connectivity index (χ1) is 15.9. The highest BCUT2D eigenvalue weighted by molar-refractivity contribution is 9.10. The maximum atomic E-state index is 15.2. The predicted octanol–water partition coefficient (Wildman–Crippen LogP) is 6.82. The number of benzene rings is 1. The number of carbonyl (C=O) groups is 1. The van der Waals surface area contributed by atoms with Gasteiger partial charge in [0, 0.05) is 41.1 Å². The van der Waals surface area contributed by atoms with Crippen molar-refractivity contribution in [2.45, 2.75) is 46.3 Å². The molecule has 1 aromatic carbocycles. The summed E-state index contributed by atoms with van der Waals surface area (Å²) >= 11 is 3.43. The number of halogens is 4. The Morgan fingerprint density at radius 2 is 1.97 bits per heavy atom. The van der Waals surface area contributed by atoms with Crippen LogP contribution in [0.4, 0.5) is 13.2 Å². The van der Waals surface area contributed by atoms with Crippen LogP contribution in [0.1, 0.15) is 45.1 Å². The third-order valence-electron chi connectivity index (χ3n) is 5.68. The van der Waals surface area contributed by atoms with Crippen LogP contribution in [0.25, 0.3) is 22.2 Å². The SMILES string of the molecule is CO[C@@H](C)c1ncccc1-c1c(CC(C)(C)COC(C)=O)c2cc(Br)ccc2n1C(F)(F)CF. The number of rotatable bonds is 9. The van der Waals surface area contributed by atoms with Gasteiger partial charge in [0.05, 0.1) is 29.6 Å². The molecule has 2 heterocycles. The van der Waals surface area contributed by atoms with Crippen LogP contribution in [0.5, 0.6) is 0 Å². The molecule has 0 radical (unpaired) electrons. The van der Waals surface area contributed by atoms with E-state index in [-0.39, 0.29) is 24.2 Å². The fourth-order valence-corrected chi connectivity index (χ4v) is 4.43. The molecule has 0 aliphatic heterocycles. The number of hydrogen-bond acceptors (Lipinski definition) is 4. The van der Waals surface area contributed by atoms with E-state index >= 15 is 8.78 Å². The number of carbonyl (C=O) groups excluding carboxylic acids is 1. The van der Waals surface area contributed by atoms with E-state index in [0.717, 1.165) is 4.57 Å². The molecule has 2 aromatic heterocycles. The Morgan fingerprint density at radius 3 is 2.59 bits per heavy atom. The first-order valence-electron chi connectivity index (χ1n) is 10.8. The molecule has 0 saturated heterocycles. The minimum Gasteiger partial charge on any atom is -0.465 e. The zero-order valence-corrected chi connectivity index (χ0v) is 21.4. The number of ether oxygens (including phenoxy) is 2. The second-order valence-corrected chi connectivity index (χ2v) is 9.97. The van der Waals surface area contributed by atoms with Crippen LogP contribution in [0, 0.1) is 5.41 Å². The number of alkyl halides is 3. The standard InChI is InChI=1S/C25H28BrF3N2O3/c1-15(33-5)22-18(7-6-10-30-22)23-20(12-24(3,4)14-34-16(2)32)19-11-17(26)8-9-21(19)31(23)25(28,29)13-27/h6-11,15H,12-14H2,1-5H3/t15-/m0/s1. The Bertz CT molecular complexity index is 1190. The highest BCUT2D eigenvalue weighted by Crippen LogP contribution is 2.44. The van der Waals surface area contributed by atoms with Gasteiger partial charge >= 0.3 is 12.0 Å². The monoisotopic (exact) mass is 540 g/mol. The lowest BCUT2D eigenvalue weighted by molar-refractivity contribution is -0.143. The number of methoxy groups -OCH3 is 1. The maximum absolute atomic E-state index is 15.2. The summed E-state index contributed by atoms with van der Waals surface area (Å²) in [6.07, 6.45) is 1.36. The topological polar surface area (TPSA) is 53.4 Å². The van der Waals surface area contributed by atoms with Crippen molar-refractivity contribution in [3.05, 3.63) is 52.3 Å². The molecule has 0 aliphatic rings. The number of hydrogen-bond donors (Lipinski definition) is 0. The molecule has 0 saturated carbocycles. The summed E-state index contributed by atoms with van der Waals surface area (Å²) in [5, 5.41) is 0.549. The summed E-state index contributed by atoms with van der Waals surface area (Å²) in [5.74, 6) is -0.425. The molecule has 0 spiro atoms. The number of esters is 1. The van der Waals surface area contributed by atoms with Crippen molar-refractivity contribution in [2.24, 2.45) is 5.41 Å². The predicted molar refractivity (Wildman–Crippen MR) is 129 cm³/mol. The van der Waals surface area contributed by atoms with Crippen LogP contribution in [0.3, 0.4) is 0 Å². The van der Waals surface area contributed by atoms with Crippen molar-refractivity contribution in [2.75, 3.05) is 20.4 Å². The van der Waals surface area contributed by atoms with Crippen LogP contribution in [-0.2, 0) is 26.7 Å². The van der Waals surface area contributed by atoms with Gasteiger partial charge in [0.1, 0.15) is 0 Å². The Morgan fingerprint density at radius 1 is 1.26 bits per heavy atom. The van der Waals surface area contributed by atoms with Gasteiger partial charge in [-0.2, -0.15) is 8.78 Å². The third kappa shape index (κ3) is 5.30. The first kappa shape index (κ1) is 26.2. The van der Waals surface area contributed by atoms with Gasteiger partial charge < -0.3 is 9.47 Å². The van der Waals surface area contributed by atoms with Crippen molar-refractivity contribution in [3.63, 3.8) is 0 Å². The summed E-state index contributed by atoms with van der Waals surface area (Å²) in [6, 6.07) is 4.48. The van der Waals surface area contributed by atoms with Gasteiger partial charge in [-0.3, -0.25) is 14.3 Å². The molecule has 5 nitrogen and oxygen atoms in total. The van der Waals surface area contributed by atoms with Gasteiger partial charge in [0.2, 0.25) is 0 Å². The van der Waals surface area contributed by atoms with Gasteiger partial charge in [0.25, 0.3) is 0 Å². The minimum absolute atomic E-state index is 0.0936. The fraction of sp³-hybridized carbons (Fsp3) is 0.440. The van der Waals surface area contributed by atoms with E-state index in [0.29, 0.717) is 26.7 Å². The molecular formula is C25H28BrF3N2O3. The van der Waals surface area contributed by atoms with E-state index in [1.807, 2.05) is 13.8 Å². The van der Waals surface area contributed by atoms with Crippen molar-refractivity contribution >= 4 is 32.8 Å². The van der Waals surface area contributed by atoms with Crippen molar-refractivity contribution in [1.82, 2.24) is 9.55 Å². The number of aromatic nitrogens is 2. The number of pyridine rings is 1. The Kier molecular flexibility index (Phi) is 7.77. The van der Waals surface area contributed by atoms with Crippen molar-refractivity contribution < 1.29 is 27.4 Å². The molecule has 1 atom stereocenters. The van der Waals surface area contributed by atoms with Gasteiger partial charge in [-0.05, 0) is 49.2 Å². The van der Waals surface area contributed by atoms with Gasteiger partial charge in [0.15, 0.2) is 6.67 Å². The molecule has 3 aromatic rings. The van der Waals surface area contributed by atoms with E-state index in [9.17, 15) is 9.18 Å². The summed E-state index contributed by atoms with van der Waals surface area (Å²) in [4.78, 5) is 15.8. The van der Waals surface area contributed by atoms with Crippen molar-refractivity contribution in [3.8, 4) is 11.3 Å². The molecule has 34 heavy (non-hydrogen) atoms. The average molecular weight is 541 g/mol. The van der Waals surface area contributed by atoms with Crippen LogP contribution in [0.2, 0.25) is 0 Å². The maximum Gasteiger partial charge on any atom is 0.357 e. The van der Waals surface area contributed by atoms with Crippen LogP contribution >= 0.6 is 15.9 Å². The van der Waals surface area contributed by atoms with E-state index in [4.69, 9.17) is 9.47 Å². The Balaban J connectivity index is 2.41. The zero-order chi connectivity index (χ0) is 25.3. The van der Waals surface area contributed by atoms with E-state index in [2.05, 4.69) is 20.9 Å². The summed E-state index contributed by atoms with van der Waals surface area (Å²) < 4.78 is 56.4. The van der Waals surface area contributed by atoms with Gasteiger partial charge in [-0.15, -0.1) is 0 Å². The quantitative estimate of drug-likeness (QED) is 0.279. The molecule has 9 heteroatoms. The van der Waals surface area contributed by atoms with Crippen LogP contribution in [0.15, 0.2) is 41.0 Å². The van der Waals surface area contributed by atoms with Gasteiger partial charge in [-0.25, -0.2) is 4.39 Å². The highest BCUT2D eigenvalue weighted by Gasteiger charge is 2.39. The van der Waals surface area contributed by atoms with E-state index in [1.54, 1.807) is 43.5 Å². The molecule has 0 aliphatic carbocycles. The lowest BCUT2D eigenvalue weighted by Gasteiger charge is -2.26. The highest BCUT2D eigenvalue weighted by atomic mass is 79.9. The summed E-state index contributed by atoms with van der Waals surface area (Å²) in [5.41, 5.74) is 1.23. The minimum atomic E-state index is -3.80. The van der Waals surface area contributed by atoms with Crippen LogP contribution in [-0.4, -0.2) is 35.9 Å². The normalized spacial score (nSPS) is 13.3. The molecule has 0 unspecified atom stereocenters. The summed E-state index contributed by atoms with van der Waals surface area (Å²) in [7, 11) is 1.51. The second kappa shape index (κ2) is 10.1. The molecule has 0 N–H and O–H groups in total. The third-order valence-corrected chi connectivity index (χ3v) is 6.17. The van der Waals surface area contributed by atoms with Crippen molar-refractivity contribution in [1.29, 1.82) is 0 Å². The second-order valence-electron chi connectivity index (χ2n) is 9.06. The lowest BCUT2D eigenvalue weighted by atomic mass is 9.84. The Labute approximate surface area is 205 Å². The fourth-order valence-electron chi connectivity index (χ4n) is 4.07. The molecule has 0 amide bonds. The Hall–Kier alpha value is -2.39. The van der Waals surface area contributed by atoms with E-state index < -0.39 is 30.2 Å². The number of nitrogens with zero attached hydrogens (tertiary/aromatic N) is 2. The van der Waals surface area contributed by atoms with Gasteiger partial charge in [-0.1, -0.05) is 29.8 Å². The van der Waals surface area contributed by atoms with E-state index in [1.165, 1.54) is 14.0 Å². The largest absolute Gasteiger partial charge is 0.465 e.